The first-order chi connectivity index (χ1) is 5.90. The first-order valence-electron chi connectivity index (χ1n) is 3.76. The molecule has 4 heteroatoms. The zero-order valence-electron chi connectivity index (χ0n) is 6.40. The van der Waals surface area contributed by atoms with Crippen LogP contribution in [0.1, 0.15) is 11.2 Å². The molecule has 2 atom stereocenters. The number of alkyl halides is 1. The molecular weight excluding hydrogens is 196 g/mol. The lowest BCUT2D eigenvalue weighted by Gasteiger charge is -2.06. The topological polar surface area (TPSA) is 18.5 Å². The van der Waals surface area contributed by atoms with E-state index in [0.717, 1.165) is 4.88 Å². The zero-order valence-corrected chi connectivity index (χ0v) is 7.98. The van der Waals surface area contributed by atoms with E-state index < -0.39 is 0 Å². The lowest BCUT2D eigenvalue weighted by atomic mass is 10.4. The average molecular weight is 205 g/mol. The van der Waals surface area contributed by atoms with E-state index in [2.05, 4.69) is 0 Å². The van der Waals surface area contributed by atoms with Crippen LogP contribution in [0.15, 0.2) is 17.5 Å². The van der Waals surface area contributed by atoms with Gasteiger partial charge < -0.3 is 9.47 Å². The van der Waals surface area contributed by atoms with E-state index in [1.165, 1.54) is 0 Å². The maximum atomic E-state index is 5.63. The van der Waals surface area contributed by atoms with Crippen molar-refractivity contribution in [1.82, 2.24) is 0 Å². The molecule has 0 aromatic carbocycles. The maximum absolute atomic E-state index is 5.63. The van der Waals surface area contributed by atoms with E-state index in [1.54, 1.807) is 11.3 Å². The molecular formula is C8H9ClO2S. The first kappa shape index (κ1) is 8.51. The van der Waals surface area contributed by atoms with Gasteiger partial charge in [-0.15, -0.1) is 22.9 Å². The van der Waals surface area contributed by atoms with Crippen LogP contribution in [0.5, 0.6) is 0 Å². The summed E-state index contributed by atoms with van der Waals surface area (Å²) in [6.07, 6.45) is -0.132. The fourth-order valence-corrected chi connectivity index (χ4v) is 1.97. The molecule has 1 fully saturated rings. The van der Waals surface area contributed by atoms with E-state index in [1.807, 2.05) is 17.5 Å². The quantitative estimate of drug-likeness (QED) is 0.689. The molecule has 1 aromatic rings. The van der Waals surface area contributed by atoms with Crippen molar-refractivity contribution in [3.63, 3.8) is 0 Å². The second-order valence-electron chi connectivity index (χ2n) is 2.59. The summed E-state index contributed by atoms with van der Waals surface area (Å²) in [7, 11) is 0. The summed E-state index contributed by atoms with van der Waals surface area (Å²) in [5, 5.41) is 2.01. The molecule has 1 aromatic heterocycles. The summed E-state index contributed by atoms with van der Waals surface area (Å²) in [5.41, 5.74) is 0. The Hall–Kier alpha value is -0.0900. The first-order valence-corrected chi connectivity index (χ1v) is 5.18. The predicted octanol–water partition coefficient (Wildman–Crippen LogP) is 2.40. The Morgan fingerprint density at radius 1 is 1.67 bits per heavy atom. The largest absolute Gasteiger partial charge is 0.345 e. The standard InChI is InChI=1S/C8H9ClO2S/c9-4-6-5-10-8(11-6)7-2-1-3-12-7/h1-3,6,8H,4-5H2/t6-,8+/m1/s1. The Bertz CT molecular complexity index is 237. The van der Waals surface area contributed by atoms with Crippen LogP contribution in [0.2, 0.25) is 0 Å². The fourth-order valence-electron chi connectivity index (χ4n) is 1.10. The van der Waals surface area contributed by atoms with Gasteiger partial charge in [-0.1, -0.05) is 6.07 Å². The van der Waals surface area contributed by atoms with Crippen molar-refractivity contribution in [1.29, 1.82) is 0 Å². The van der Waals surface area contributed by atoms with Gasteiger partial charge in [0.25, 0.3) is 0 Å². The molecule has 1 saturated heterocycles. The Balaban J connectivity index is 2.00. The van der Waals surface area contributed by atoms with Gasteiger partial charge >= 0.3 is 0 Å². The van der Waals surface area contributed by atoms with Gasteiger partial charge in [0.2, 0.25) is 0 Å². The summed E-state index contributed by atoms with van der Waals surface area (Å²) >= 11 is 7.27. The van der Waals surface area contributed by atoms with Gasteiger partial charge in [-0.05, 0) is 11.4 Å². The molecule has 2 heterocycles. The second kappa shape index (κ2) is 3.75. The smallest absolute Gasteiger partial charge is 0.193 e. The van der Waals surface area contributed by atoms with Gasteiger partial charge in [0.05, 0.1) is 23.5 Å². The van der Waals surface area contributed by atoms with Gasteiger partial charge in [0, 0.05) is 0 Å². The minimum Gasteiger partial charge on any atom is -0.345 e. The minimum atomic E-state index is -0.186. The highest BCUT2D eigenvalue weighted by molar-refractivity contribution is 7.10. The van der Waals surface area contributed by atoms with Crippen LogP contribution in [0.25, 0.3) is 0 Å². The fraction of sp³-hybridized carbons (Fsp3) is 0.500. The maximum Gasteiger partial charge on any atom is 0.193 e. The highest BCUT2D eigenvalue weighted by Crippen LogP contribution is 2.29. The van der Waals surface area contributed by atoms with Crippen LogP contribution in [0.4, 0.5) is 0 Å². The molecule has 2 nitrogen and oxygen atoms in total. The van der Waals surface area contributed by atoms with Crippen LogP contribution in [-0.4, -0.2) is 18.6 Å². The van der Waals surface area contributed by atoms with Crippen molar-refractivity contribution < 1.29 is 9.47 Å². The monoisotopic (exact) mass is 204 g/mol. The number of hydrogen-bond donors (Lipinski definition) is 0. The Morgan fingerprint density at radius 2 is 2.58 bits per heavy atom. The van der Waals surface area contributed by atoms with E-state index in [4.69, 9.17) is 21.1 Å². The highest BCUT2D eigenvalue weighted by Gasteiger charge is 2.26. The molecule has 0 amide bonds. The molecule has 0 unspecified atom stereocenters. The molecule has 66 valence electrons. The Kier molecular flexibility index (Phi) is 2.66. The summed E-state index contributed by atoms with van der Waals surface area (Å²) < 4.78 is 10.9. The number of halogens is 1. The number of rotatable bonds is 2. The summed E-state index contributed by atoms with van der Waals surface area (Å²) in [4.78, 5) is 1.11. The summed E-state index contributed by atoms with van der Waals surface area (Å²) in [6, 6.07) is 3.99. The summed E-state index contributed by atoms with van der Waals surface area (Å²) in [5.74, 6) is 0.502. The van der Waals surface area contributed by atoms with Gasteiger partial charge in [-0.3, -0.25) is 0 Å². The Labute approximate surface area is 80.1 Å². The molecule has 1 aliphatic heterocycles. The van der Waals surface area contributed by atoms with Gasteiger partial charge in [0.15, 0.2) is 6.29 Å². The minimum absolute atomic E-state index is 0.0544. The van der Waals surface area contributed by atoms with E-state index in [0.29, 0.717) is 12.5 Å². The second-order valence-corrected chi connectivity index (χ2v) is 3.88. The third kappa shape index (κ3) is 1.64. The van der Waals surface area contributed by atoms with Crippen molar-refractivity contribution in [3.8, 4) is 0 Å². The van der Waals surface area contributed by atoms with E-state index >= 15 is 0 Å². The van der Waals surface area contributed by atoms with E-state index in [-0.39, 0.29) is 12.4 Å². The molecule has 0 spiro atoms. The zero-order chi connectivity index (χ0) is 8.39. The molecule has 2 rings (SSSR count). The van der Waals surface area contributed by atoms with Gasteiger partial charge in [-0.25, -0.2) is 0 Å². The summed E-state index contributed by atoms with van der Waals surface area (Å²) in [6.45, 7) is 0.603. The van der Waals surface area contributed by atoms with Crippen molar-refractivity contribution in [3.05, 3.63) is 22.4 Å². The van der Waals surface area contributed by atoms with Crippen molar-refractivity contribution in [2.24, 2.45) is 0 Å². The molecule has 0 saturated carbocycles. The molecule has 0 radical (unpaired) electrons. The third-order valence-electron chi connectivity index (χ3n) is 1.70. The van der Waals surface area contributed by atoms with Crippen LogP contribution in [0.3, 0.4) is 0 Å². The lowest BCUT2D eigenvalue weighted by molar-refractivity contribution is -0.0540. The highest BCUT2D eigenvalue weighted by atomic mass is 35.5. The van der Waals surface area contributed by atoms with Crippen molar-refractivity contribution in [2.45, 2.75) is 12.4 Å². The average Bonchev–Trinajstić information content (AvgIpc) is 2.75. The van der Waals surface area contributed by atoms with Crippen LogP contribution in [-0.2, 0) is 9.47 Å². The SMILES string of the molecule is ClC[C@@H]1CO[C@H](c2cccs2)O1. The molecule has 0 N–H and O–H groups in total. The lowest BCUT2D eigenvalue weighted by Crippen LogP contribution is -2.10. The van der Waals surface area contributed by atoms with Crippen LogP contribution >= 0.6 is 22.9 Å². The number of thiophene rings is 1. The van der Waals surface area contributed by atoms with Crippen molar-refractivity contribution >= 4 is 22.9 Å². The molecule has 12 heavy (non-hydrogen) atoms. The van der Waals surface area contributed by atoms with Crippen molar-refractivity contribution in [2.75, 3.05) is 12.5 Å². The molecule has 1 aliphatic rings. The van der Waals surface area contributed by atoms with Gasteiger partial charge in [-0.2, -0.15) is 0 Å². The predicted molar refractivity (Wildman–Crippen MR) is 48.6 cm³/mol. The third-order valence-corrected chi connectivity index (χ3v) is 2.94. The number of ether oxygens (including phenoxy) is 2. The van der Waals surface area contributed by atoms with Gasteiger partial charge in [0.1, 0.15) is 0 Å². The normalized spacial score (nSPS) is 29.4. The van der Waals surface area contributed by atoms with Crippen LogP contribution < -0.4 is 0 Å². The Morgan fingerprint density at radius 3 is 3.17 bits per heavy atom. The molecule has 0 aliphatic carbocycles. The molecule has 0 bridgehead atoms. The van der Waals surface area contributed by atoms with E-state index in [9.17, 15) is 0 Å². The number of hydrogen-bond acceptors (Lipinski definition) is 3. The van der Waals surface area contributed by atoms with Crippen LogP contribution in [0, 0.1) is 0 Å².